The molecule has 0 unspecified atom stereocenters. The molecule has 0 atom stereocenters. The van der Waals surface area contributed by atoms with Gasteiger partial charge in [0.2, 0.25) is 0 Å². The first-order valence-corrected chi connectivity index (χ1v) is 9.46. The Balaban J connectivity index is 1.90. The highest BCUT2D eigenvalue weighted by molar-refractivity contribution is 9.08. The minimum atomic E-state index is 0.826. The van der Waals surface area contributed by atoms with Gasteiger partial charge in [0.05, 0.1) is 22.8 Å². The summed E-state index contributed by atoms with van der Waals surface area (Å²) in [7, 11) is 0. The molecule has 26 heavy (non-hydrogen) atoms. The smallest absolute Gasteiger partial charge is 0.0900 e. The molecule has 0 fully saturated rings. The Labute approximate surface area is 160 Å². The highest BCUT2D eigenvalue weighted by Gasteiger charge is 2.10. The molecule has 0 spiro atoms. The Morgan fingerprint density at radius 3 is 1.81 bits per heavy atom. The Kier molecular flexibility index (Phi) is 4.84. The molecule has 0 aliphatic heterocycles. The van der Waals surface area contributed by atoms with Crippen molar-refractivity contribution in [2.24, 2.45) is 0 Å². The maximum Gasteiger partial charge on any atom is 0.0900 e. The van der Waals surface area contributed by atoms with E-state index in [0.717, 1.165) is 39.2 Å². The van der Waals surface area contributed by atoms with Crippen molar-refractivity contribution in [3.05, 3.63) is 90.8 Å². The number of nitrogens with zero attached hydrogens (tertiary/aromatic N) is 3. The van der Waals surface area contributed by atoms with Crippen LogP contribution in [0.2, 0.25) is 0 Å². The molecule has 4 aromatic rings. The van der Waals surface area contributed by atoms with Crippen LogP contribution in [0, 0.1) is 0 Å². The molecule has 3 heterocycles. The molecule has 0 saturated carbocycles. The van der Waals surface area contributed by atoms with E-state index >= 15 is 0 Å². The van der Waals surface area contributed by atoms with Crippen molar-refractivity contribution in [3.8, 4) is 33.9 Å². The zero-order valence-corrected chi connectivity index (χ0v) is 15.6. The lowest BCUT2D eigenvalue weighted by Gasteiger charge is -2.10. The largest absolute Gasteiger partial charge is 0.255 e. The lowest BCUT2D eigenvalue weighted by Crippen LogP contribution is -1.94. The van der Waals surface area contributed by atoms with Crippen molar-refractivity contribution < 1.29 is 0 Å². The SMILES string of the molecule is BrCc1cccc(-c2cc(-c3ccccn3)nc(-c3ccccn3)c2)c1. The fraction of sp³-hybridized carbons (Fsp3) is 0.0455. The summed E-state index contributed by atoms with van der Waals surface area (Å²) >= 11 is 3.53. The van der Waals surface area contributed by atoms with E-state index in [0.29, 0.717) is 0 Å². The summed E-state index contributed by atoms with van der Waals surface area (Å²) in [6, 6.07) is 24.4. The van der Waals surface area contributed by atoms with E-state index < -0.39 is 0 Å². The molecule has 0 radical (unpaired) electrons. The molecule has 0 aliphatic carbocycles. The minimum Gasteiger partial charge on any atom is -0.255 e. The number of pyridine rings is 3. The van der Waals surface area contributed by atoms with E-state index in [-0.39, 0.29) is 0 Å². The first kappa shape index (κ1) is 16.6. The zero-order valence-electron chi connectivity index (χ0n) is 14.0. The number of alkyl halides is 1. The van der Waals surface area contributed by atoms with Gasteiger partial charge in [-0.3, -0.25) is 9.97 Å². The first-order valence-electron chi connectivity index (χ1n) is 8.34. The maximum atomic E-state index is 4.81. The summed E-state index contributed by atoms with van der Waals surface area (Å²) in [6.45, 7) is 0. The lowest BCUT2D eigenvalue weighted by molar-refractivity contribution is 1.22. The summed E-state index contributed by atoms with van der Waals surface area (Å²) in [5.41, 5.74) is 6.87. The van der Waals surface area contributed by atoms with E-state index in [1.807, 2.05) is 36.4 Å². The number of halogens is 1. The second-order valence-corrected chi connectivity index (χ2v) is 6.45. The van der Waals surface area contributed by atoms with Crippen molar-refractivity contribution in [2.45, 2.75) is 5.33 Å². The van der Waals surface area contributed by atoms with Gasteiger partial charge in [0.15, 0.2) is 0 Å². The number of hydrogen-bond donors (Lipinski definition) is 0. The van der Waals surface area contributed by atoms with Crippen LogP contribution in [-0.4, -0.2) is 15.0 Å². The van der Waals surface area contributed by atoms with Crippen LogP contribution >= 0.6 is 15.9 Å². The summed E-state index contributed by atoms with van der Waals surface area (Å²) in [4.78, 5) is 13.7. The van der Waals surface area contributed by atoms with Crippen LogP contribution in [0.5, 0.6) is 0 Å². The maximum absolute atomic E-state index is 4.81. The van der Waals surface area contributed by atoms with Gasteiger partial charge >= 0.3 is 0 Å². The van der Waals surface area contributed by atoms with Crippen molar-refractivity contribution >= 4 is 15.9 Å². The third kappa shape index (κ3) is 3.55. The van der Waals surface area contributed by atoms with Gasteiger partial charge < -0.3 is 0 Å². The number of hydrogen-bond acceptors (Lipinski definition) is 3. The molecule has 4 heteroatoms. The molecule has 0 saturated heterocycles. The van der Waals surface area contributed by atoms with Crippen molar-refractivity contribution in [3.63, 3.8) is 0 Å². The molecule has 0 amide bonds. The second kappa shape index (κ2) is 7.58. The molecule has 126 valence electrons. The van der Waals surface area contributed by atoms with Gasteiger partial charge in [-0.2, -0.15) is 0 Å². The molecular formula is C22H16BrN3. The molecule has 0 bridgehead atoms. The Hall–Kier alpha value is -2.85. The van der Waals surface area contributed by atoms with Gasteiger partial charge in [0.25, 0.3) is 0 Å². The highest BCUT2D eigenvalue weighted by atomic mass is 79.9. The number of rotatable bonds is 4. The lowest BCUT2D eigenvalue weighted by atomic mass is 10.0. The molecule has 3 nitrogen and oxygen atoms in total. The summed E-state index contributed by atoms with van der Waals surface area (Å²) < 4.78 is 0. The Bertz CT molecular complexity index is 960. The molecule has 4 rings (SSSR count). The van der Waals surface area contributed by atoms with Crippen molar-refractivity contribution in [1.29, 1.82) is 0 Å². The van der Waals surface area contributed by atoms with Crippen molar-refractivity contribution in [1.82, 2.24) is 15.0 Å². The Morgan fingerprint density at radius 2 is 1.27 bits per heavy atom. The number of benzene rings is 1. The summed E-state index contributed by atoms with van der Waals surface area (Å²) in [6.07, 6.45) is 3.57. The van der Waals surface area contributed by atoms with Gasteiger partial charge in [-0.15, -0.1) is 0 Å². The standard InChI is InChI=1S/C22H16BrN3/c23-15-16-6-5-7-17(12-16)18-13-21(19-8-1-3-10-24-19)26-22(14-18)20-9-2-4-11-25-20/h1-14H,15H2. The van der Waals surface area contributed by atoms with E-state index in [2.05, 4.69) is 62.3 Å². The zero-order chi connectivity index (χ0) is 17.8. The normalized spacial score (nSPS) is 10.7. The predicted molar refractivity (Wildman–Crippen MR) is 109 cm³/mol. The number of aromatic nitrogens is 3. The topological polar surface area (TPSA) is 38.7 Å². The molecule has 1 aromatic carbocycles. The van der Waals surface area contributed by atoms with E-state index in [4.69, 9.17) is 4.98 Å². The third-order valence-corrected chi connectivity index (χ3v) is 4.74. The minimum absolute atomic E-state index is 0.826. The van der Waals surface area contributed by atoms with Crippen LogP contribution < -0.4 is 0 Å². The van der Waals surface area contributed by atoms with Crippen molar-refractivity contribution in [2.75, 3.05) is 0 Å². The predicted octanol–water partition coefficient (Wildman–Crippen LogP) is 5.77. The average Bonchev–Trinajstić information content (AvgIpc) is 2.75. The van der Waals surface area contributed by atoms with Crippen LogP contribution in [0.3, 0.4) is 0 Å². The van der Waals surface area contributed by atoms with Crippen LogP contribution in [-0.2, 0) is 5.33 Å². The van der Waals surface area contributed by atoms with Crippen LogP contribution in [0.15, 0.2) is 85.2 Å². The fourth-order valence-electron chi connectivity index (χ4n) is 2.82. The summed E-state index contributed by atoms with van der Waals surface area (Å²) in [5.74, 6) is 0. The van der Waals surface area contributed by atoms with E-state index in [9.17, 15) is 0 Å². The molecule has 0 aliphatic rings. The van der Waals surface area contributed by atoms with Gasteiger partial charge in [-0.05, 0) is 53.1 Å². The van der Waals surface area contributed by atoms with Gasteiger partial charge in [0, 0.05) is 17.7 Å². The monoisotopic (exact) mass is 401 g/mol. The quantitative estimate of drug-likeness (QED) is 0.407. The first-order chi connectivity index (χ1) is 12.8. The third-order valence-electron chi connectivity index (χ3n) is 4.09. The van der Waals surface area contributed by atoms with E-state index in [1.54, 1.807) is 12.4 Å². The van der Waals surface area contributed by atoms with Crippen LogP contribution in [0.1, 0.15) is 5.56 Å². The van der Waals surface area contributed by atoms with Crippen LogP contribution in [0.4, 0.5) is 0 Å². The Morgan fingerprint density at radius 1 is 0.615 bits per heavy atom. The fourth-order valence-corrected chi connectivity index (χ4v) is 3.17. The molecular weight excluding hydrogens is 386 g/mol. The second-order valence-electron chi connectivity index (χ2n) is 5.89. The van der Waals surface area contributed by atoms with Gasteiger partial charge in [-0.1, -0.05) is 52.3 Å². The van der Waals surface area contributed by atoms with Crippen LogP contribution in [0.25, 0.3) is 33.9 Å². The summed E-state index contributed by atoms with van der Waals surface area (Å²) in [5, 5.41) is 0.826. The molecule has 0 N–H and O–H groups in total. The van der Waals surface area contributed by atoms with Gasteiger partial charge in [-0.25, -0.2) is 4.98 Å². The highest BCUT2D eigenvalue weighted by Crippen LogP contribution is 2.29. The van der Waals surface area contributed by atoms with E-state index in [1.165, 1.54) is 5.56 Å². The average molecular weight is 402 g/mol. The van der Waals surface area contributed by atoms with Gasteiger partial charge in [0.1, 0.15) is 0 Å². The molecule has 3 aromatic heterocycles.